The molecule has 1 atom stereocenters. The largest absolute Gasteiger partial charge is 0.354 e. The van der Waals surface area contributed by atoms with Gasteiger partial charge in [0, 0.05) is 26.2 Å². The lowest BCUT2D eigenvalue weighted by atomic mass is 9.79. The molecule has 3 amide bonds. The van der Waals surface area contributed by atoms with Gasteiger partial charge in [-0.3, -0.25) is 15.1 Å². The number of rotatable bonds is 2. The molecule has 0 aromatic carbocycles. The molecule has 1 saturated carbocycles. The normalized spacial score (nSPS) is 30.8. The third kappa shape index (κ3) is 2.64. The highest BCUT2D eigenvalue weighted by molar-refractivity contribution is 6.07. The molecule has 0 bridgehead atoms. The van der Waals surface area contributed by atoms with Gasteiger partial charge < -0.3 is 15.5 Å². The minimum atomic E-state index is -0.770. The van der Waals surface area contributed by atoms with Crippen molar-refractivity contribution >= 4 is 17.9 Å². The number of aliphatic imine (C=N–C) groups is 1. The number of hydrogen-bond acceptors (Lipinski definition) is 3. The number of likely N-dealkylation sites (tertiary alicyclic amines) is 1. The van der Waals surface area contributed by atoms with Crippen molar-refractivity contribution in [2.45, 2.75) is 50.6 Å². The number of imide groups is 1. The molecule has 2 saturated heterocycles. The summed E-state index contributed by atoms with van der Waals surface area (Å²) in [6.45, 7) is 3.54. The topological polar surface area (TPSA) is 85.8 Å². The van der Waals surface area contributed by atoms with E-state index in [2.05, 4.69) is 25.8 Å². The van der Waals surface area contributed by atoms with Gasteiger partial charge in [-0.25, -0.2) is 4.79 Å². The zero-order chi connectivity index (χ0) is 15.7. The molecule has 7 nitrogen and oxygen atoms in total. The standard InChI is InChI=1S/C15H25N5O2/c1-15(12(21)18-14(22)19-15)10-6-8-20(9-7-10)13(16-2)17-11-4-3-5-11/h10-11H,3-9H2,1-2H3,(H,16,17)(H2,18,19,21,22). The third-order valence-corrected chi connectivity index (χ3v) is 5.33. The van der Waals surface area contributed by atoms with E-state index in [9.17, 15) is 9.59 Å². The van der Waals surface area contributed by atoms with Crippen molar-refractivity contribution in [3.63, 3.8) is 0 Å². The van der Waals surface area contributed by atoms with Crippen LogP contribution in [0.5, 0.6) is 0 Å². The quantitative estimate of drug-likeness (QED) is 0.392. The summed E-state index contributed by atoms with van der Waals surface area (Å²) in [5.41, 5.74) is -0.770. The molecule has 3 aliphatic rings. The van der Waals surface area contributed by atoms with Crippen molar-refractivity contribution in [3.8, 4) is 0 Å². The molecule has 2 aliphatic heterocycles. The van der Waals surface area contributed by atoms with Crippen LogP contribution in [-0.2, 0) is 4.79 Å². The van der Waals surface area contributed by atoms with E-state index in [1.165, 1.54) is 19.3 Å². The summed E-state index contributed by atoms with van der Waals surface area (Å²) < 4.78 is 0. The lowest BCUT2D eigenvalue weighted by Crippen LogP contribution is -2.56. The fourth-order valence-electron chi connectivity index (χ4n) is 3.55. The van der Waals surface area contributed by atoms with E-state index in [1.54, 1.807) is 0 Å². The van der Waals surface area contributed by atoms with Gasteiger partial charge in [0.25, 0.3) is 5.91 Å². The number of urea groups is 1. The second kappa shape index (κ2) is 5.78. The Labute approximate surface area is 130 Å². The Morgan fingerprint density at radius 3 is 2.41 bits per heavy atom. The van der Waals surface area contributed by atoms with E-state index >= 15 is 0 Å². The molecule has 3 rings (SSSR count). The van der Waals surface area contributed by atoms with E-state index in [4.69, 9.17) is 0 Å². The summed E-state index contributed by atoms with van der Waals surface area (Å²) >= 11 is 0. The fourth-order valence-corrected chi connectivity index (χ4v) is 3.55. The van der Waals surface area contributed by atoms with Crippen LogP contribution in [0.25, 0.3) is 0 Å². The Morgan fingerprint density at radius 1 is 1.27 bits per heavy atom. The molecule has 3 fully saturated rings. The van der Waals surface area contributed by atoms with Crippen LogP contribution in [0.1, 0.15) is 39.0 Å². The first kappa shape index (κ1) is 15.1. The number of carbonyl (C=O) groups excluding carboxylic acids is 2. The summed E-state index contributed by atoms with van der Waals surface area (Å²) in [7, 11) is 1.82. The van der Waals surface area contributed by atoms with Crippen molar-refractivity contribution in [1.29, 1.82) is 0 Å². The molecule has 1 aliphatic carbocycles. The number of amides is 3. The second-order valence-electron chi connectivity index (χ2n) is 6.69. The third-order valence-electron chi connectivity index (χ3n) is 5.33. The van der Waals surface area contributed by atoms with Gasteiger partial charge >= 0.3 is 6.03 Å². The Kier molecular flexibility index (Phi) is 3.97. The second-order valence-corrected chi connectivity index (χ2v) is 6.69. The summed E-state index contributed by atoms with van der Waals surface area (Å²) in [6, 6.07) is 0.186. The first-order valence-corrected chi connectivity index (χ1v) is 8.15. The zero-order valence-electron chi connectivity index (χ0n) is 13.3. The van der Waals surface area contributed by atoms with Crippen LogP contribution in [-0.4, -0.2) is 54.5 Å². The van der Waals surface area contributed by atoms with Gasteiger partial charge in [0.1, 0.15) is 5.54 Å². The van der Waals surface area contributed by atoms with E-state index < -0.39 is 5.54 Å². The van der Waals surface area contributed by atoms with E-state index in [0.717, 1.165) is 31.9 Å². The highest BCUT2D eigenvalue weighted by Gasteiger charge is 2.48. The molecule has 3 N–H and O–H groups in total. The predicted molar refractivity (Wildman–Crippen MR) is 83.5 cm³/mol. The van der Waals surface area contributed by atoms with Gasteiger partial charge in [0.2, 0.25) is 0 Å². The van der Waals surface area contributed by atoms with Crippen LogP contribution in [0.15, 0.2) is 4.99 Å². The van der Waals surface area contributed by atoms with E-state index in [-0.39, 0.29) is 17.9 Å². The van der Waals surface area contributed by atoms with Crippen LogP contribution in [0, 0.1) is 5.92 Å². The summed E-state index contributed by atoms with van der Waals surface area (Å²) in [4.78, 5) is 30.1. The summed E-state index contributed by atoms with van der Waals surface area (Å²) in [5.74, 6) is 0.929. The zero-order valence-corrected chi connectivity index (χ0v) is 13.3. The summed E-state index contributed by atoms with van der Waals surface area (Å²) in [5, 5.41) is 8.66. The molecule has 0 aromatic rings. The van der Waals surface area contributed by atoms with Gasteiger partial charge in [0.05, 0.1) is 0 Å². The maximum atomic E-state index is 12.0. The lowest BCUT2D eigenvalue weighted by Gasteiger charge is -2.41. The summed E-state index contributed by atoms with van der Waals surface area (Å²) in [6.07, 6.45) is 5.48. The first-order chi connectivity index (χ1) is 10.5. The highest BCUT2D eigenvalue weighted by Crippen LogP contribution is 2.30. The Bertz CT molecular complexity index is 494. The number of hydrogen-bond donors (Lipinski definition) is 3. The van der Waals surface area contributed by atoms with E-state index in [1.807, 2.05) is 14.0 Å². The van der Waals surface area contributed by atoms with Gasteiger partial charge in [-0.2, -0.15) is 0 Å². The molecule has 7 heteroatoms. The Morgan fingerprint density at radius 2 is 1.95 bits per heavy atom. The van der Waals surface area contributed by atoms with Crippen LogP contribution in [0.4, 0.5) is 4.79 Å². The van der Waals surface area contributed by atoms with Gasteiger partial charge in [0.15, 0.2) is 5.96 Å². The van der Waals surface area contributed by atoms with Gasteiger partial charge in [-0.15, -0.1) is 0 Å². The fraction of sp³-hybridized carbons (Fsp3) is 0.800. The molecule has 0 aromatic heterocycles. The van der Waals surface area contributed by atoms with Crippen LogP contribution < -0.4 is 16.0 Å². The van der Waals surface area contributed by atoms with E-state index in [0.29, 0.717) is 6.04 Å². The molecular formula is C15H25N5O2. The Hall–Kier alpha value is -1.79. The van der Waals surface area contributed by atoms with Gasteiger partial charge in [-0.1, -0.05) is 0 Å². The van der Waals surface area contributed by atoms with Crippen molar-refractivity contribution in [2.24, 2.45) is 10.9 Å². The van der Waals surface area contributed by atoms with Crippen molar-refractivity contribution in [2.75, 3.05) is 20.1 Å². The van der Waals surface area contributed by atoms with Crippen LogP contribution in [0.3, 0.4) is 0 Å². The minimum Gasteiger partial charge on any atom is -0.354 e. The lowest BCUT2D eigenvalue weighted by molar-refractivity contribution is -0.125. The molecule has 0 spiro atoms. The number of piperidine rings is 1. The molecule has 1 unspecified atom stereocenters. The monoisotopic (exact) mass is 307 g/mol. The average Bonchev–Trinajstić information content (AvgIpc) is 2.72. The predicted octanol–water partition coefficient (Wildman–Crippen LogP) is 0.424. The van der Waals surface area contributed by atoms with Crippen LogP contribution in [0.2, 0.25) is 0 Å². The Balaban J connectivity index is 1.57. The highest BCUT2D eigenvalue weighted by atomic mass is 16.2. The first-order valence-electron chi connectivity index (χ1n) is 8.15. The SMILES string of the molecule is CN=C(NC1CCC1)N1CCC(C2(C)NC(=O)NC2=O)CC1. The minimum absolute atomic E-state index is 0.164. The molecule has 122 valence electrons. The maximum Gasteiger partial charge on any atom is 0.322 e. The molecular weight excluding hydrogens is 282 g/mol. The van der Waals surface area contributed by atoms with Crippen molar-refractivity contribution in [3.05, 3.63) is 0 Å². The molecule has 0 radical (unpaired) electrons. The van der Waals surface area contributed by atoms with Crippen molar-refractivity contribution < 1.29 is 9.59 Å². The van der Waals surface area contributed by atoms with Gasteiger partial charge in [-0.05, 0) is 44.9 Å². The van der Waals surface area contributed by atoms with Crippen LogP contribution >= 0.6 is 0 Å². The maximum absolute atomic E-state index is 12.0. The molecule has 2 heterocycles. The van der Waals surface area contributed by atoms with Crippen molar-refractivity contribution in [1.82, 2.24) is 20.9 Å². The average molecular weight is 307 g/mol. The smallest absolute Gasteiger partial charge is 0.322 e. The number of carbonyl (C=O) groups is 2. The number of guanidine groups is 1. The number of nitrogens with zero attached hydrogens (tertiary/aromatic N) is 2. The number of nitrogens with one attached hydrogen (secondary N) is 3. The molecule has 22 heavy (non-hydrogen) atoms.